The molecule has 3 aromatic rings. The molecule has 0 radical (unpaired) electrons. The van der Waals surface area contributed by atoms with Crippen LogP contribution < -0.4 is 16.2 Å². The number of hydrogen-bond donors (Lipinski definition) is 5. The highest BCUT2D eigenvalue weighted by Gasteiger charge is 2.10. The Morgan fingerprint density at radius 2 is 2.04 bits per heavy atom. The fourth-order valence-corrected chi connectivity index (χ4v) is 3.32. The van der Waals surface area contributed by atoms with Crippen LogP contribution in [-0.2, 0) is 0 Å². The lowest BCUT2D eigenvalue weighted by Gasteiger charge is -2.13. The molecule has 0 saturated heterocycles. The molecular formula is C16H17N5O2S2. The molecule has 25 heavy (non-hydrogen) atoms. The Kier molecular flexibility index (Phi) is 5.71. The highest BCUT2D eigenvalue weighted by Crippen LogP contribution is 2.35. The number of anilines is 1. The van der Waals surface area contributed by atoms with Crippen molar-refractivity contribution in [2.24, 2.45) is 0 Å². The van der Waals surface area contributed by atoms with E-state index in [1.54, 1.807) is 11.3 Å². The summed E-state index contributed by atoms with van der Waals surface area (Å²) in [6.07, 6.45) is 0.621. The second-order valence-electron chi connectivity index (χ2n) is 5.21. The maximum absolute atomic E-state index is 9.31. The number of fused-ring (bicyclic) bond motifs is 1. The molecule has 5 N–H and O–H groups in total. The molecule has 0 amide bonds. The van der Waals surface area contributed by atoms with Crippen molar-refractivity contribution in [2.75, 3.05) is 18.6 Å². The summed E-state index contributed by atoms with van der Waals surface area (Å²) in [6.45, 7) is -0.173. The monoisotopic (exact) mass is 375 g/mol. The van der Waals surface area contributed by atoms with E-state index in [-0.39, 0.29) is 13.2 Å². The summed E-state index contributed by atoms with van der Waals surface area (Å²) in [5.74, 6) is 0.615. The van der Waals surface area contributed by atoms with Gasteiger partial charge in [-0.2, -0.15) is 0 Å². The molecule has 7 nitrogen and oxygen atoms in total. The third-order valence-corrected chi connectivity index (χ3v) is 4.80. The average Bonchev–Trinajstić information content (AvgIpc) is 3.10. The Bertz CT molecular complexity index is 856. The second-order valence-corrected chi connectivity index (χ2v) is 6.67. The lowest BCUT2D eigenvalue weighted by molar-refractivity contribution is 0.0982. The molecule has 0 aliphatic rings. The first kappa shape index (κ1) is 17.5. The summed E-state index contributed by atoms with van der Waals surface area (Å²) in [7, 11) is 0. The van der Waals surface area contributed by atoms with E-state index >= 15 is 0 Å². The minimum atomic E-state index is -0.865. The minimum Gasteiger partial charge on any atom is -0.394 e. The van der Waals surface area contributed by atoms with Gasteiger partial charge in [-0.1, -0.05) is 30.3 Å². The van der Waals surface area contributed by atoms with Crippen LogP contribution in [0, 0.1) is 0 Å². The second kappa shape index (κ2) is 8.17. The van der Waals surface area contributed by atoms with Gasteiger partial charge in [-0.25, -0.2) is 9.97 Å². The molecule has 0 saturated carbocycles. The Morgan fingerprint density at radius 3 is 2.80 bits per heavy atom. The largest absolute Gasteiger partial charge is 0.394 e. The summed E-state index contributed by atoms with van der Waals surface area (Å²) in [5, 5.41) is 21.2. The smallest absolute Gasteiger partial charge is 0.185 e. The van der Waals surface area contributed by atoms with E-state index in [9.17, 15) is 5.11 Å². The fourth-order valence-electron chi connectivity index (χ4n) is 2.12. The van der Waals surface area contributed by atoms with Crippen LogP contribution in [0.2, 0.25) is 0 Å². The predicted molar refractivity (Wildman–Crippen MR) is 103 cm³/mol. The lowest BCUT2D eigenvalue weighted by atomic mass is 10.2. The fraction of sp³-hybridized carbons (Fsp3) is 0.188. The minimum absolute atomic E-state index is 0.153. The van der Waals surface area contributed by atoms with Crippen molar-refractivity contribution in [3.63, 3.8) is 0 Å². The van der Waals surface area contributed by atoms with Crippen molar-refractivity contribution in [1.29, 1.82) is 0 Å². The number of benzene rings is 1. The number of rotatable bonds is 6. The summed E-state index contributed by atoms with van der Waals surface area (Å²) in [6, 6.07) is 12.1. The van der Waals surface area contributed by atoms with Crippen molar-refractivity contribution < 1.29 is 10.2 Å². The molecule has 2 heterocycles. The Hall–Kier alpha value is -2.33. The van der Waals surface area contributed by atoms with Gasteiger partial charge < -0.3 is 15.5 Å². The summed E-state index contributed by atoms with van der Waals surface area (Å²) in [5.41, 5.74) is 7.74. The van der Waals surface area contributed by atoms with Crippen LogP contribution in [0.15, 0.2) is 42.7 Å². The van der Waals surface area contributed by atoms with Crippen molar-refractivity contribution in [2.45, 2.75) is 6.10 Å². The zero-order chi connectivity index (χ0) is 17.6. The molecule has 9 heteroatoms. The van der Waals surface area contributed by atoms with Gasteiger partial charge in [-0.3, -0.25) is 10.9 Å². The maximum Gasteiger partial charge on any atom is 0.185 e. The first-order valence-corrected chi connectivity index (χ1v) is 8.78. The molecule has 0 spiro atoms. The van der Waals surface area contributed by atoms with Gasteiger partial charge in [0.2, 0.25) is 0 Å². The highest BCUT2D eigenvalue weighted by molar-refractivity contribution is 7.80. The van der Waals surface area contributed by atoms with Crippen molar-refractivity contribution in [3.05, 3.63) is 42.7 Å². The molecule has 130 valence electrons. The number of aromatic nitrogens is 2. The highest BCUT2D eigenvalue weighted by atomic mass is 32.1. The van der Waals surface area contributed by atoms with E-state index in [2.05, 4.69) is 38.3 Å². The first-order valence-electron chi connectivity index (χ1n) is 7.56. The van der Waals surface area contributed by atoms with Gasteiger partial charge in [0.05, 0.1) is 22.9 Å². The Balaban J connectivity index is 1.72. The van der Waals surface area contributed by atoms with E-state index in [4.69, 9.17) is 17.3 Å². The number of hydrogen-bond acceptors (Lipinski definition) is 7. The van der Waals surface area contributed by atoms with Gasteiger partial charge in [0.15, 0.2) is 10.9 Å². The van der Waals surface area contributed by atoms with Crippen LogP contribution in [-0.4, -0.2) is 44.5 Å². The van der Waals surface area contributed by atoms with Crippen LogP contribution in [0.1, 0.15) is 0 Å². The quantitative estimate of drug-likeness (QED) is 0.326. The van der Waals surface area contributed by atoms with Gasteiger partial charge in [0, 0.05) is 11.4 Å². The van der Waals surface area contributed by atoms with Gasteiger partial charge in [0.25, 0.3) is 0 Å². The normalized spacial score (nSPS) is 11.9. The number of thiocarbonyl (C=S) groups is 1. The Labute approximate surface area is 153 Å². The third kappa shape index (κ3) is 4.40. The van der Waals surface area contributed by atoms with E-state index in [1.165, 1.54) is 6.33 Å². The van der Waals surface area contributed by atoms with E-state index in [0.717, 1.165) is 20.7 Å². The number of hydrazine groups is 1. The van der Waals surface area contributed by atoms with Gasteiger partial charge in [-0.15, -0.1) is 11.3 Å². The van der Waals surface area contributed by atoms with Gasteiger partial charge >= 0.3 is 0 Å². The molecule has 3 rings (SSSR count). The van der Waals surface area contributed by atoms with Crippen LogP contribution in [0.4, 0.5) is 5.82 Å². The topological polar surface area (TPSA) is 102 Å². The molecule has 1 aromatic carbocycles. The zero-order valence-electron chi connectivity index (χ0n) is 13.1. The molecule has 2 aromatic heterocycles. The molecule has 1 unspecified atom stereocenters. The third-order valence-electron chi connectivity index (χ3n) is 3.37. The van der Waals surface area contributed by atoms with Crippen LogP contribution >= 0.6 is 23.6 Å². The van der Waals surface area contributed by atoms with Crippen LogP contribution in [0.3, 0.4) is 0 Å². The number of nitrogens with zero attached hydrogens (tertiary/aromatic N) is 2. The Morgan fingerprint density at radius 1 is 1.24 bits per heavy atom. The predicted octanol–water partition coefficient (Wildman–Crippen LogP) is 1.50. The summed E-state index contributed by atoms with van der Waals surface area (Å²) in [4.78, 5) is 9.66. The maximum atomic E-state index is 9.31. The van der Waals surface area contributed by atoms with Crippen molar-refractivity contribution in [1.82, 2.24) is 20.7 Å². The van der Waals surface area contributed by atoms with E-state index in [1.807, 2.05) is 24.3 Å². The SMILES string of the molecule is OCC(O)CNC(=S)NNc1ncnc2cc(-c3ccccc3)sc12. The number of thiophene rings is 1. The molecular weight excluding hydrogens is 358 g/mol. The number of aliphatic hydroxyl groups is 2. The van der Waals surface area contributed by atoms with Crippen molar-refractivity contribution in [3.8, 4) is 10.4 Å². The van der Waals surface area contributed by atoms with E-state index in [0.29, 0.717) is 10.9 Å². The average molecular weight is 375 g/mol. The molecule has 0 bridgehead atoms. The summed E-state index contributed by atoms with van der Waals surface area (Å²) < 4.78 is 0.909. The van der Waals surface area contributed by atoms with Gasteiger partial charge in [-0.05, 0) is 23.8 Å². The standard InChI is InChI=1S/C16H17N5O2S2/c22-8-11(23)7-17-16(24)21-20-15-14-12(18-9-19-15)6-13(25-14)10-4-2-1-3-5-10/h1-6,9,11,22-23H,7-8H2,(H2,17,21,24)(H,18,19,20). The van der Waals surface area contributed by atoms with Gasteiger partial charge in [0.1, 0.15) is 6.33 Å². The summed E-state index contributed by atoms with van der Waals surface area (Å²) >= 11 is 6.69. The number of nitrogens with one attached hydrogen (secondary N) is 3. The first-order chi connectivity index (χ1) is 12.2. The lowest BCUT2D eigenvalue weighted by Crippen LogP contribution is -2.42. The van der Waals surface area contributed by atoms with E-state index < -0.39 is 6.10 Å². The molecule has 0 aliphatic heterocycles. The molecule has 0 aliphatic carbocycles. The van der Waals surface area contributed by atoms with Crippen LogP contribution in [0.5, 0.6) is 0 Å². The van der Waals surface area contributed by atoms with Crippen molar-refractivity contribution >= 4 is 44.7 Å². The number of aliphatic hydroxyl groups excluding tert-OH is 2. The van der Waals surface area contributed by atoms with Crippen LogP contribution in [0.25, 0.3) is 20.7 Å². The molecule has 1 atom stereocenters. The zero-order valence-corrected chi connectivity index (χ0v) is 14.8. The molecule has 0 fully saturated rings.